The molecule has 0 unspecified atom stereocenters. The Hall–Kier alpha value is -4.03. The van der Waals surface area contributed by atoms with E-state index in [1.807, 2.05) is 25.1 Å². The molecular formula is C27H26N8O. The summed E-state index contributed by atoms with van der Waals surface area (Å²) in [5.74, 6) is 0.989. The molecule has 0 amide bonds. The average Bonchev–Trinajstić information content (AvgIpc) is 3.83. The van der Waals surface area contributed by atoms with Crippen LogP contribution < -0.4 is 16.2 Å². The topological polar surface area (TPSA) is 113 Å². The van der Waals surface area contributed by atoms with Crippen molar-refractivity contribution in [3.63, 3.8) is 0 Å². The first-order valence-corrected chi connectivity index (χ1v) is 12.5. The molecule has 2 N–H and O–H groups in total. The van der Waals surface area contributed by atoms with Crippen LogP contribution in [0.3, 0.4) is 0 Å². The minimum atomic E-state index is -0.516. The number of pyridine rings is 1. The van der Waals surface area contributed by atoms with Crippen molar-refractivity contribution < 1.29 is 0 Å². The van der Waals surface area contributed by atoms with Crippen molar-refractivity contribution in [2.24, 2.45) is 0 Å². The fourth-order valence-corrected chi connectivity index (χ4v) is 5.56. The second kappa shape index (κ2) is 7.48. The van der Waals surface area contributed by atoms with E-state index in [4.69, 9.17) is 9.97 Å². The molecule has 1 spiro atoms. The smallest absolute Gasteiger partial charge is 0.278 e. The van der Waals surface area contributed by atoms with Crippen molar-refractivity contribution in [1.29, 1.82) is 5.26 Å². The summed E-state index contributed by atoms with van der Waals surface area (Å²) in [6.45, 7) is 4.28. The molecular weight excluding hydrogens is 452 g/mol. The highest BCUT2D eigenvalue weighted by Crippen LogP contribution is 2.51. The Morgan fingerprint density at radius 2 is 2.03 bits per heavy atom. The van der Waals surface area contributed by atoms with Crippen LogP contribution in [0.1, 0.15) is 49.4 Å². The number of benzene rings is 1. The van der Waals surface area contributed by atoms with Gasteiger partial charge in [-0.15, -0.1) is 0 Å². The summed E-state index contributed by atoms with van der Waals surface area (Å²) in [5.41, 5.74) is 4.56. The maximum atomic E-state index is 13.2. The van der Waals surface area contributed by atoms with Crippen LogP contribution in [0.2, 0.25) is 0 Å². The van der Waals surface area contributed by atoms with Crippen molar-refractivity contribution in [2.75, 3.05) is 11.9 Å². The van der Waals surface area contributed by atoms with E-state index < -0.39 is 5.41 Å². The average molecular weight is 479 g/mol. The van der Waals surface area contributed by atoms with Crippen LogP contribution in [-0.4, -0.2) is 30.9 Å². The second-order valence-electron chi connectivity index (χ2n) is 10.2. The second-order valence-corrected chi connectivity index (χ2v) is 10.2. The number of nitriles is 1. The van der Waals surface area contributed by atoms with Crippen LogP contribution in [-0.2, 0) is 23.9 Å². The van der Waals surface area contributed by atoms with Gasteiger partial charge in [0, 0.05) is 36.9 Å². The van der Waals surface area contributed by atoms with Gasteiger partial charge in [-0.1, -0.05) is 12.1 Å². The molecule has 2 saturated carbocycles. The lowest BCUT2D eigenvalue weighted by Crippen LogP contribution is -2.33. The SMILES string of the molecule is CCn1c(=O)c2cnc(Nc3ccc4c(c3)CNCC43CC3)nc2n1-c1cccc(C2(C#N)CC2)n1. The fraction of sp³-hybridized carbons (Fsp3) is 0.370. The Morgan fingerprint density at radius 1 is 1.17 bits per heavy atom. The van der Waals surface area contributed by atoms with E-state index in [9.17, 15) is 10.1 Å². The zero-order valence-corrected chi connectivity index (χ0v) is 20.1. The first-order chi connectivity index (χ1) is 17.6. The van der Waals surface area contributed by atoms with Crippen molar-refractivity contribution in [3.05, 3.63) is 69.8 Å². The van der Waals surface area contributed by atoms with Gasteiger partial charge < -0.3 is 10.6 Å². The van der Waals surface area contributed by atoms with Gasteiger partial charge >= 0.3 is 0 Å². The van der Waals surface area contributed by atoms with Crippen molar-refractivity contribution in [2.45, 2.75) is 56.5 Å². The number of nitrogens with zero attached hydrogens (tertiary/aromatic N) is 6. The molecule has 1 aliphatic heterocycles. The molecule has 2 aliphatic carbocycles. The zero-order chi connectivity index (χ0) is 24.5. The van der Waals surface area contributed by atoms with Gasteiger partial charge in [0.25, 0.3) is 5.56 Å². The molecule has 4 aromatic rings. The minimum Gasteiger partial charge on any atom is -0.324 e. The number of hydrogen-bond acceptors (Lipinski definition) is 7. The molecule has 9 heteroatoms. The van der Waals surface area contributed by atoms with Crippen LogP contribution in [0, 0.1) is 11.3 Å². The molecule has 0 atom stereocenters. The Labute approximate surface area is 207 Å². The van der Waals surface area contributed by atoms with E-state index in [1.165, 1.54) is 24.0 Å². The molecule has 9 nitrogen and oxygen atoms in total. The first-order valence-electron chi connectivity index (χ1n) is 12.5. The number of nitrogens with one attached hydrogen (secondary N) is 2. The van der Waals surface area contributed by atoms with E-state index in [-0.39, 0.29) is 5.56 Å². The number of aromatic nitrogens is 5. The molecule has 7 rings (SSSR count). The molecule has 3 aliphatic rings. The molecule has 0 radical (unpaired) electrons. The molecule has 0 saturated heterocycles. The highest BCUT2D eigenvalue weighted by atomic mass is 16.1. The third-order valence-electron chi connectivity index (χ3n) is 7.95. The van der Waals surface area contributed by atoms with Gasteiger partial charge in [-0.3, -0.25) is 4.79 Å². The van der Waals surface area contributed by atoms with E-state index in [0.29, 0.717) is 34.8 Å². The Kier molecular flexibility index (Phi) is 4.42. The van der Waals surface area contributed by atoms with E-state index in [0.717, 1.165) is 37.3 Å². The summed E-state index contributed by atoms with van der Waals surface area (Å²) in [6.07, 6.45) is 5.68. The summed E-state index contributed by atoms with van der Waals surface area (Å²) in [4.78, 5) is 27.2. The van der Waals surface area contributed by atoms with Gasteiger partial charge in [0.1, 0.15) is 5.39 Å². The lowest BCUT2D eigenvalue weighted by atomic mass is 9.88. The zero-order valence-electron chi connectivity index (χ0n) is 20.1. The quantitative estimate of drug-likeness (QED) is 0.452. The van der Waals surface area contributed by atoms with E-state index >= 15 is 0 Å². The summed E-state index contributed by atoms with van der Waals surface area (Å²) in [7, 11) is 0. The van der Waals surface area contributed by atoms with Crippen LogP contribution >= 0.6 is 0 Å². The number of hydrogen-bond donors (Lipinski definition) is 2. The number of anilines is 2. The molecule has 3 aromatic heterocycles. The molecule has 180 valence electrons. The maximum absolute atomic E-state index is 13.2. The molecule has 36 heavy (non-hydrogen) atoms. The summed E-state index contributed by atoms with van der Waals surface area (Å²) in [5, 5.41) is 17.0. The van der Waals surface area contributed by atoms with E-state index in [1.54, 1.807) is 15.6 Å². The predicted molar refractivity (Wildman–Crippen MR) is 135 cm³/mol. The number of fused-ring (bicyclic) bond motifs is 3. The van der Waals surface area contributed by atoms with Gasteiger partial charge in [-0.05, 0) is 68.0 Å². The van der Waals surface area contributed by atoms with Crippen LogP contribution in [0.15, 0.2) is 47.4 Å². The third-order valence-corrected chi connectivity index (χ3v) is 7.95. The van der Waals surface area contributed by atoms with Crippen molar-refractivity contribution >= 4 is 22.7 Å². The molecule has 0 bridgehead atoms. The van der Waals surface area contributed by atoms with Crippen LogP contribution in [0.5, 0.6) is 0 Å². The third kappa shape index (κ3) is 3.11. The first kappa shape index (κ1) is 21.3. The largest absolute Gasteiger partial charge is 0.324 e. The Morgan fingerprint density at radius 3 is 2.78 bits per heavy atom. The minimum absolute atomic E-state index is 0.165. The van der Waals surface area contributed by atoms with Crippen LogP contribution in [0.4, 0.5) is 11.6 Å². The van der Waals surface area contributed by atoms with Gasteiger partial charge in [-0.25, -0.2) is 19.3 Å². The van der Waals surface area contributed by atoms with Gasteiger partial charge in [0.2, 0.25) is 5.95 Å². The van der Waals surface area contributed by atoms with Gasteiger partial charge in [-0.2, -0.15) is 10.2 Å². The van der Waals surface area contributed by atoms with Gasteiger partial charge in [0.15, 0.2) is 11.5 Å². The lowest BCUT2D eigenvalue weighted by Gasteiger charge is -2.26. The van der Waals surface area contributed by atoms with Crippen molar-refractivity contribution in [3.8, 4) is 11.9 Å². The monoisotopic (exact) mass is 478 g/mol. The number of rotatable bonds is 5. The molecule has 2 fully saturated rings. The summed E-state index contributed by atoms with van der Waals surface area (Å²) >= 11 is 0. The highest BCUT2D eigenvalue weighted by molar-refractivity contribution is 5.77. The Bertz CT molecular complexity index is 1630. The maximum Gasteiger partial charge on any atom is 0.278 e. The highest BCUT2D eigenvalue weighted by Gasteiger charge is 2.47. The lowest BCUT2D eigenvalue weighted by molar-refractivity contribution is 0.531. The molecule has 4 heterocycles. The molecule has 1 aromatic carbocycles. The Balaban J connectivity index is 1.30. The summed E-state index contributed by atoms with van der Waals surface area (Å²) < 4.78 is 3.36. The van der Waals surface area contributed by atoms with Crippen LogP contribution in [0.25, 0.3) is 16.9 Å². The predicted octanol–water partition coefficient (Wildman–Crippen LogP) is 3.43. The fourth-order valence-electron chi connectivity index (χ4n) is 5.56. The van der Waals surface area contributed by atoms with Gasteiger partial charge in [0.05, 0.1) is 17.2 Å². The normalized spacial score (nSPS) is 18.6. The van der Waals surface area contributed by atoms with E-state index in [2.05, 4.69) is 39.9 Å². The standard InChI is InChI=1S/C27H26N8O/c1-2-34-24(36)19-14-30-25(31-18-6-7-20-17(12-18)13-29-16-27(20)10-11-27)33-23(19)35(34)22-5-3-4-21(32-22)26(15-28)8-9-26/h3-7,12,14,29H,2,8-11,13,16H2,1H3,(H,30,31,33). The van der Waals surface area contributed by atoms with Crippen molar-refractivity contribution in [1.82, 2.24) is 29.6 Å². The summed E-state index contributed by atoms with van der Waals surface area (Å²) in [6, 6.07) is 14.5.